The molecule has 1 aromatic rings. The van der Waals surface area contributed by atoms with Crippen molar-refractivity contribution < 1.29 is 13.3 Å². The summed E-state index contributed by atoms with van der Waals surface area (Å²) in [7, 11) is -3.75. The van der Waals surface area contributed by atoms with Gasteiger partial charge in [0.05, 0.1) is 10.7 Å². The zero-order chi connectivity index (χ0) is 13.9. The van der Waals surface area contributed by atoms with E-state index in [1.807, 2.05) is 0 Å². The van der Waals surface area contributed by atoms with Crippen molar-refractivity contribution in [2.75, 3.05) is 12.3 Å². The summed E-state index contributed by atoms with van der Waals surface area (Å²) in [6, 6.07) is 2.37. The van der Waals surface area contributed by atoms with E-state index in [0.717, 1.165) is 31.9 Å². The third-order valence-corrected chi connectivity index (χ3v) is 4.82. The molecule has 0 aliphatic carbocycles. The van der Waals surface area contributed by atoms with Crippen LogP contribution in [0.1, 0.15) is 19.3 Å². The van der Waals surface area contributed by atoms with Crippen LogP contribution in [0.4, 0.5) is 5.69 Å². The Hall–Kier alpha value is -1.54. The van der Waals surface area contributed by atoms with Gasteiger partial charge in [-0.1, -0.05) is 6.42 Å². The number of rotatable bonds is 4. The maximum Gasteiger partial charge on any atom is 0.306 e. The van der Waals surface area contributed by atoms with Crippen LogP contribution in [0.15, 0.2) is 23.4 Å². The van der Waals surface area contributed by atoms with E-state index >= 15 is 0 Å². The molecule has 7 nitrogen and oxygen atoms in total. The molecule has 1 fully saturated rings. The standard InChI is InChI=1S/C11H15N3O4S/c15-14(16)10-5-3-7-13-11(10)19(17,18)8-9-4-1-2-6-12-9/h3,5,7,9,12H,1-2,4,6,8H2/t9-/m1/s1. The Bertz CT molecular complexity index is 567. The summed E-state index contributed by atoms with van der Waals surface area (Å²) in [5.74, 6) is -0.148. The van der Waals surface area contributed by atoms with Gasteiger partial charge in [-0.15, -0.1) is 0 Å². The van der Waals surface area contributed by atoms with Crippen LogP contribution in [-0.4, -0.2) is 36.7 Å². The number of pyridine rings is 1. The van der Waals surface area contributed by atoms with E-state index in [1.54, 1.807) is 0 Å². The fraction of sp³-hybridized carbons (Fsp3) is 0.545. The third kappa shape index (κ3) is 3.27. The minimum absolute atomic E-state index is 0.148. The summed E-state index contributed by atoms with van der Waals surface area (Å²) in [5.41, 5.74) is -0.460. The van der Waals surface area contributed by atoms with Crippen LogP contribution in [-0.2, 0) is 9.84 Å². The fourth-order valence-electron chi connectivity index (χ4n) is 2.17. The fourth-order valence-corrected chi connectivity index (χ4v) is 3.83. The summed E-state index contributed by atoms with van der Waals surface area (Å²) < 4.78 is 24.4. The van der Waals surface area contributed by atoms with Crippen LogP contribution in [0.25, 0.3) is 0 Å². The summed E-state index contributed by atoms with van der Waals surface area (Å²) in [6.45, 7) is 0.782. The lowest BCUT2D eigenvalue weighted by atomic mass is 10.1. The molecule has 0 radical (unpaired) electrons. The molecule has 1 atom stereocenters. The van der Waals surface area contributed by atoms with E-state index < -0.39 is 25.5 Å². The highest BCUT2D eigenvalue weighted by Crippen LogP contribution is 2.23. The predicted molar refractivity (Wildman–Crippen MR) is 68.6 cm³/mol. The van der Waals surface area contributed by atoms with Crippen LogP contribution in [0.3, 0.4) is 0 Å². The monoisotopic (exact) mass is 285 g/mol. The predicted octanol–water partition coefficient (Wildman–Crippen LogP) is 0.906. The van der Waals surface area contributed by atoms with Crippen LogP contribution in [0.2, 0.25) is 0 Å². The number of nitro groups is 1. The number of nitrogens with one attached hydrogen (secondary N) is 1. The first-order chi connectivity index (χ1) is 9.00. The second-order valence-corrected chi connectivity index (χ2v) is 6.46. The van der Waals surface area contributed by atoms with Gasteiger partial charge in [-0.25, -0.2) is 13.4 Å². The molecule has 104 valence electrons. The van der Waals surface area contributed by atoms with Gasteiger partial charge in [0.15, 0.2) is 0 Å². The highest BCUT2D eigenvalue weighted by atomic mass is 32.2. The highest BCUT2D eigenvalue weighted by molar-refractivity contribution is 7.91. The average Bonchev–Trinajstić information content (AvgIpc) is 2.39. The molecule has 0 amide bonds. The lowest BCUT2D eigenvalue weighted by Gasteiger charge is -2.22. The molecule has 2 heterocycles. The van der Waals surface area contributed by atoms with Crippen LogP contribution < -0.4 is 5.32 Å². The summed E-state index contributed by atoms with van der Waals surface area (Å²) >= 11 is 0. The van der Waals surface area contributed by atoms with Gasteiger partial charge in [-0.05, 0) is 25.5 Å². The van der Waals surface area contributed by atoms with Crippen LogP contribution in [0.5, 0.6) is 0 Å². The van der Waals surface area contributed by atoms with Crippen molar-refractivity contribution in [3.63, 3.8) is 0 Å². The van der Waals surface area contributed by atoms with Crippen LogP contribution >= 0.6 is 0 Å². The minimum Gasteiger partial charge on any atom is -0.313 e. The first kappa shape index (κ1) is 13.9. The van der Waals surface area contributed by atoms with E-state index in [1.165, 1.54) is 12.3 Å². The number of nitrogens with zero attached hydrogens (tertiary/aromatic N) is 2. The molecule has 1 aromatic heterocycles. The normalized spacial score (nSPS) is 20.1. The number of aromatic nitrogens is 1. The zero-order valence-corrected chi connectivity index (χ0v) is 11.1. The number of sulfone groups is 1. The van der Waals surface area contributed by atoms with Crippen molar-refractivity contribution in [2.24, 2.45) is 0 Å². The van der Waals surface area contributed by atoms with E-state index in [-0.39, 0.29) is 11.8 Å². The van der Waals surface area contributed by atoms with Gasteiger partial charge in [-0.2, -0.15) is 0 Å². The summed E-state index contributed by atoms with van der Waals surface area (Å²) in [5, 5.41) is 13.5. The van der Waals surface area contributed by atoms with Crippen LogP contribution in [0, 0.1) is 10.1 Å². The Labute approximate surface area is 111 Å². The number of piperidine rings is 1. The second-order valence-electron chi connectivity index (χ2n) is 4.51. The molecule has 0 spiro atoms. The number of hydrogen-bond donors (Lipinski definition) is 1. The largest absolute Gasteiger partial charge is 0.313 e. The smallest absolute Gasteiger partial charge is 0.306 e. The Morgan fingerprint density at radius 2 is 2.26 bits per heavy atom. The molecular weight excluding hydrogens is 270 g/mol. The van der Waals surface area contributed by atoms with Crippen molar-refractivity contribution in [3.05, 3.63) is 28.4 Å². The molecule has 1 saturated heterocycles. The molecule has 1 N–H and O–H groups in total. The first-order valence-electron chi connectivity index (χ1n) is 6.06. The molecule has 2 rings (SSSR count). The number of hydrogen-bond acceptors (Lipinski definition) is 6. The van der Waals surface area contributed by atoms with E-state index in [2.05, 4.69) is 10.3 Å². The van der Waals surface area contributed by atoms with Gasteiger partial charge in [0.2, 0.25) is 14.9 Å². The molecule has 1 aliphatic rings. The van der Waals surface area contributed by atoms with Gasteiger partial charge in [0.1, 0.15) is 0 Å². The van der Waals surface area contributed by atoms with Gasteiger partial charge < -0.3 is 5.32 Å². The summed E-state index contributed by atoms with van der Waals surface area (Å²) in [6.07, 6.45) is 4.02. The summed E-state index contributed by atoms with van der Waals surface area (Å²) in [4.78, 5) is 13.8. The first-order valence-corrected chi connectivity index (χ1v) is 7.71. The molecule has 1 aliphatic heterocycles. The topological polar surface area (TPSA) is 102 Å². The second kappa shape index (κ2) is 5.62. The van der Waals surface area contributed by atoms with Gasteiger partial charge in [-0.3, -0.25) is 10.1 Å². The maximum absolute atomic E-state index is 12.2. The lowest BCUT2D eigenvalue weighted by Crippen LogP contribution is -2.39. The van der Waals surface area contributed by atoms with Gasteiger partial charge in [0, 0.05) is 18.3 Å². The maximum atomic E-state index is 12.2. The van der Waals surface area contributed by atoms with Gasteiger partial charge >= 0.3 is 5.69 Å². The highest BCUT2D eigenvalue weighted by Gasteiger charge is 2.30. The van der Waals surface area contributed by atoms with E-state index in [4.69, 9.17) is 0 Å². The molecule has 0 aromatic carbocycles. The van der Waals surface area contributed by atoms with E-state index in [0.29, 0.717) is 0 Å². The average molecular weight is 285 g/mol. The SMILES string of the molecule is O=[N+]([O-])c1cccnc1S(=O)(=O)C[C@H]1CCCCN1. The molecule has 0 unspecified atom stereocenters. The van der Waals surface area contributed by atoms with Gasteiger partial charge in [0.25, 0.3) is 0 Å². The van der Waals surface area contributed by atoms with E-state index in [9.17, 15) is 18.5 Å². The molecular formula is C11H15N3O4S. The third-order valence-electron chi connectivity index (χ3n) is 3.08. The Morgan fingerprint density at radius 1 is 1.47 bits per heavy atom. The van der Waals surface area contributed by atoms with Crippen molar-refractivity contribution in [1.82, 2.24) is 10.3 Å². The Kier molecular flexibility index (Phi) is 4.11. The van der Waals surface area contributed by atoms with Crippen molar-refractivity contribution in [1.29, 1.82) is 0 Å². The minimum atomic E-state index is -3.75. The van der Waals surface area contributed by atoms with Crippen molar-refractivity contribution in [2.45, 2.75) is 30.3 Å². The quantitative estimate of drug-likeness (QED) is 0.651. The molecule has 0 saturated carbocycles. The Morgan fingerprint density at radius 3 is 2.89 bits per heavy atom. The Balaban J connectivity index is 2.26. The zero-order valence-electron chi connectivity index (χ0n) is 10.3. The van der Waals surface area contributed by atoms with Crippen molar-refractivity contribution >= 4 is 15.5 Å². The molecule has 0 bridgehead atoms. The molecule has 19 heavy (non-hydrogen) atoms. The lowest BCUT2D eigenvalue weighted by molar-refractivity contribution is -0.388. The molecule has 8 heteroatoms. The van der Waals surface area contributed by atoms with Crippen molar-refractivity contribution in [3.8, 4) is 0 Å².